The van der Waals surface area contributed by atoms with Crippen molar-refractivity contribution >= 4 is 23.1 Å². The van der Waals surface area contributed by atoms with Crippen molar-refractivity contribution in [3.05, 3.63) is 59.6 Å². The molecule has 3 aromatic heterocycles. The van der Waals surface area contributed by atoms with Gasteiger partial charge in [0.05, 0.1) is 35.1 Å². The Morgan fingerprint density at radius 3 is 2.70 bits per heavy atom. The summed E-state index contributed by atoms with van der Waals surface area (Å²) in [7, 11) is 0. The number of halogens is 3. The van der Waals surface area contributed by atoms with E-state index in [0.717, 1.165) is 10.9 Å². The molecule has 1 unspecified atom stereocenters. The van der Waals surface area contributed by atoms with Crippen molar-refractivity contribution in [1.82, 2.24) is 24.6 Å². The predicted molar refractivity (Wildman–Crippen MR) is 120 cm³/mol. The summed E-state index contributed by atoms with van der Waals surface area (Å²) in [5, 5.41) is 5.35. The summed E-state index contributed by atoms with van der Waals surface area (Å²) in [5.74, 6) is -1.04. The molecule has 0 radical (unpaired) electrons. The first kappa shape index (κ1) is 21.7. The molecule has 1 aliphatic heterocycles. The quantitative estimate of drug-likeness (QED) is 0.355. The minimum atomic E-state index is -4.20. The second-order valence-corrected chi connectivity index (χ2v) is 8.41. The summed E-state index contributed by atoms with van der Waals surface area (Å²) in [6.07, 6.45) is -1.88. The SMILES string of the molecule is FC(F)(F)C1CCCN(Cn2nc(-c3cc(-c4ccccn4)nc4ccccc34)oc2=S)C1. The third-order valence-electron chi connectivity index (χ3n) is 5.78. The number of fused-ring (bicyclic) bond motifs is 1. The number of nitrogens with zero attached hydrogens (tertiary/aromatic N) is 5. The molecule has 0 bridgehead atoms. The van der Waals surface area contributed by atoms with Gasteiger partial charge in [-0.3, -0.25) is 9.88 Å². The summed E-state index contributed by atoms with van der Waals surface area (Å²) >= 11 is 5.35. The fraction of sp³-hybridized carbons (Fsp3) is 0.304. The van der Waals surface area contributed by atoms with E-state index in [-0.39, 0.29) is 24.5 Å². The van der Waals surface area contributed by atoms with Gasteiger partial charge in [-0.2, -0.15) is 13.2 Å². The third kappa shape index (κ3) is 4.53. The Hall–Kier alpha value is -3.11. The van der Waals surface area contributed by atoms with Gasteiger partial charge in [0.25, 0.3) is 4.84 Å². The van der Waals surface area contributed by atoms with Crippen LogP contribution in [0.15, 0.2) is 59.1 Å². The van der Waals surface area contributed by atoms with E-state index < -0.39 is 12.1 Å². The van der Waals surface area contributed by atoms with Crippen LogP contribution in [-0.4, -0.2) is 43.9 Å². The number of para-hydroxylation sites is 1. The zero-order valence-corrected chi connectivity index (χ0v) is 18.3. The molecule has 4 aromatic rings. The van der Waals surface area contributed by atoms with Crippen LogP contribution in [0.25, 0.3) is 33.7 Å². The Labute approximate surface area is 192 Å². The van der Waals surface area contributed by atoms with E-state index in [2.05, 4.69) is 10.1 Å². The van der Waals surface area contributed by atoms with Crippen LogP contribution in [0.4, 0.5) is 13.2 Å². The van der Waals surface area contributed by atoms with Crippen LogP contribution in [0, 0.1) is 10.8 Å². The molecule has 4 heterocycles. The Morgan fingerprint density at radius 2 is 1.91 bits per heavy atom. The monoisotopic (exact) mass is 471 g/mol. The van der Waals surface area contributed by atoms with Crippen molar-refractivity contribution in [3.8, 4) is 22.8 Å². The third-order valence-corrected chi connectivity index (χ3v) is 6.08. The van der Waals surface area contributed by atoms with Gasteiger partial charge >= 0.3 is 6.18 Å². The highest BCUT2D eigenvalue weighted by molar-refractivity contribution is 7.71. The van der Waals surface area contributed by atoms with E-state index in [0.29, 0.717) is 35.8 Å². The maximum absolute atomic E-state index is 13.2. The standard InChI is InChI=1S/C23H20F3N5OS/c24-23(25,26)15-6-5-11-30(13-15)14-31-22(33)32-21(29-31)17-12-20(19-9-3-4-10-27-19)28-18-8-2-1-7-16(17)18/h1-4,7-10,12,15H,5-6,11,13-14H2. The molecule has 1 aliphatic rings. The van der Waals surface area contributed by atoms with E-state index in [1.807, 2.05) is 48.5 Å². The minimum Gasteiger partial charge on any atom is -0.409 e. The number of rotatable bonds is 4. The number of hydrogen-bond donors (Lipinski definition) is 0. The second kappa shape index (κ2) is 8.68. The number of pyridine rings is 2. The molecule has 0 amide bonds. The molecule has 33 heavy (non-hydrogen) atoms. The fourth-order valence-corrected chi connectivity index (χ4v) is 4.32. The predicted octanol–water partition coefficient (Wildman–Crippen LogP) is 5.71. The molecular formula is C23H20F3N5OS. The van der Waals surface area contributed by atoms with Crippen LogP contribution in [0.5, 0.6) is 0 Å². The number of hydrogen-bond acceptors (Lipinski definition) is 6. The Kier molecular flexibility index (Phi) is 5.71. The molecule has 0 spiro atoms. The average molecular weight is 472 g/mol. The summed E-state index contributed by atoms with van der Waals surface area (Å²) in [6, 6.07) is 15.0. The minimum absolute atomic E-state index is 0.0739. The average Bonchev–Trinajstić information content (AvgIpc) is 3.18. The van der Waals surface area contributed by atoms with E-state index in [4.69, 9.17) is 21.6 Å². The smallest absolute Gasteiger partial charge is 0.393 e. The highest BCUT2D eigenvalue weighted by Crippen LogP contribution is 2.34. The number of likely N-dealkylation sites (tertiary alicyclic amines) is 1. The van der Waals surface area contributed by atoms with Crippen molar-refractivity contribution in [3.63, 3.8) is 0 Å². The molecule has 1 fully saturated rings. The normalized spacial score (nSPS) is 17.5. The van der Waals surface area contributed by atoms with Gasteiger partial charge in [0, 0.05) is 18.1 Å². The van der Waals surface area contributed by atoms with Crippen molar-refractivity contribution in [2.24, 2.45) is 5.92 Å². The molecule has 10 heteroatoms. The number of piperidine rings is 1. The molecule has 1 aromatic carbocycles. The molecular weight excluding hydrogens is 451 g/mol. The Bertz CT molecular complexity index is 1340. The first-order valence-electron chi connectivity index (χ1n) is 10.6. The van der Waals surface area contributed by atoms with Gasteiger partial charge in [-0.15, -0.1) is 5.10 Å². The molecule has 5 rings (SSSR count). The summed E-state index contributed by atoms with van der Waals surface area (Å²) in [5.41, 5.74) is 2.80. The topological polar surface area (TPSA) is 60.0 Å². The van der Waals surface area contributed by atoms with Gasteiger partial charge in [0.15, 0.2) is 0 Å². The van der Waals surface area contributed by atoms with Crippen LogP contribution < -0.4 is 0 Å². The maximum Gasteiger partial charge on any atom is 0.393 e. The van der Waals surface area contributed by atoms with Crippen LogP contribution in [0.2, 0.25) is 0 Å². The molecule has 0 aliphatic carbocycles. The molecule has 170 valence electrons. The lowest BCUT2D eigenvalue weighted by molar-refractivity contribution is -0.188. The largest absolute Gasteiger partial charge is 0.409 e. The lowest BCUT2D eigenvalue weighted by atomic mass is 9.98. The maximum atomic E-state index is 13.2. The van der Waals surface area contributed by atoms with Crippen molar-refractivity contribution in [1.29, 1.82) is 0 Å². The van der Waals surface area contributed by atoms with Crippen LogP contribution in [-0.2, 0) is 6.67 Å². The first-order valence-corrected chi connectivity index (χ1v) is 11.0. The Balaban J connectivity index is 1.50. The summed E-state index contributed by atoms with van der Waals surface area (Å²) < 4.78 is 46.8. The van der Waals surface area contributed by atoms with E-state index in [1.165, 1.54) is 4.68 Å². The lowest BCUT2D eigenvalue weighted by Crippen LogP contribution is -2.42. The molecule has 1 atom stereocenters. The van der Waals surface area contributed by atoms with E-state index >= 15 is 0 Å². The van der Waals surface area contributed by atoms with Crippen LogP contribution >= 0.6 is 12.2 Å². The lowest BCUT2D eigenvalue weighted by Gasteiger charge is -2.33. The molecule has 6 nitrogen and oxygen atoms in total. The zero-order chi connectivity index (χ0) is 23.0. The van der Waals surface area contributed by atoms with Gasteiger partial charge in [-0.1, -0.05) is 24.3 Å². The van der Waals surface area contributed by atoms with E-state index in [1.54, 1.807) is 11.1 Å². The van der Waals surface area contributed by atoms with Crippen molar-refractivity contribution in [2.45, 2.75) is 25.7 Å². The highest BCUT2D eigenvalue weighted by Gasteiger charge is 2.41. The van der Waals surface area contributed by atoms with Crippen LogP contribution in [0.1, 0.15) is 12.8 Å². The highest BCUT2D eigenvalue weighted by atomic mass is 32.1. The zero-order valence-electron chi connectivity index (χ0n) is 17.5. The van der Waals surface area contributed by atoms with Gasteiger partial charge < -0.3 is 4.42 Å². The van der Waals surface area contributed by atoms with Crippen molar-refractivity contribution < 1.29 is 17.6 Å². The number of aromatic nitrogens is 4. The molecule has 0 N–H and O–H groups in total. The molecule has 1 saturated heterocycles. The molecule has 0 saturated carbocycles. The number of benzene rings is 1. The van der Waals surface area contributed by atoms with E-state index in [9.17, 15) is 13.2 Å². The summed E-state index contributed by atoms with van der Waals surface area (Å²) in [4.78, 5) is 10.9. The van der Waals surface area contributed by atoms with Gasteiger partial charge in [-0.05, 0) is 55.9 Å². The fourth-order valence-electron chi connectivity index (χ4n) is 4.14. The van der Waals surface area contributed by atoms with Crippen LogP contribution in [0.3, 0.4) is 0 Å². The second-order valence-electron chi connectivity index (χ2n) is 8.06. The van der Waals surface area contributed by atoms with Gasteiger partial charge in [0.2, 0.25) is 5.89 Å². The first-order chi connectivity index (χ1) is 15.9. The number of alkyl halides is 3. The van der Waals surface area contributed by atoms with Gasteiger partial charge in [0.1, 0.15) is 0 Å². The van der Waals surface area contributed by atoms with Gasteiger partial charge in [-0.25, -0.2) is 9.67 Å². The summed E-state index contributed by atoms with van der Waals surface area (Å²) in [6.45, 7) is 0.624. The Morgan fingerprint density at radius 1 is 1.09 bits per heavy atom. The van der Waals surface area contributed by atoms with Crippen molar-refractivity contribution in [2.75, 3.05) is 13.1 Å².